The Hall–Kier alpha value is -1.79. The second-order valence-corrected chi connectivity index (χ2v) is 4.63. The summed E-state index contributed by atoms with van der Waals surface area (Å²) >= 11 is 0. The Bertz CT molecular complexity index is 682. The third-order valence-corrected chi connectivity index (χ3v) is 3.78. The number of hydrogen-bond donors (Lipinski definition) is 0. The van der Waals surface area contributed by atoms with Crippen molar-refractivity contribution in [3.05, 3.63) is 34.2 Å². The normalized spacial score (nSPS) is 16.8. The van der Waals surface area contributed by atoms with Crippen LogP contribution in [0.1, 0.15) is 5.56 Å². The lowest BCUT2D eigenvalue weighted by Crippen LogP contribution is -2.46. The molecule has 1 aliphatic rings. The summed E-state index contributed by atoms with van der Waals surface area (Å²) in [5, 5.41) is 0. The number of benzene rings is 1. The molecule has 1 aromatic carbocycles. The second kappa shape index (κ2) is 4.11. The van der Waals surface area contributed by atoms with E-state index in [0.29, 0.717) is 13.0 Å². The fourth-order valence-electron chi connectivity index (χ4n) is 2.77. The number of para-hydroxylation sites is 1. The first-order valence-corrected chi connectivity index (χ1v) is 6.04. The van der Waals surface area contributed by atoms with Crippen molar-refractivity contribution in [2.75, 3.05) is 21.3 Å². The summed E-state index contributed by atoms with van der Waals surface area (Å²) in [6, 6.07) is 5.75. The van der Waals surface area contributed by atoms with Gasteiger partial charge in [-0.3, -0.25) is 4.57 Å². The highest BCUT2D eigenvalue weighted by atomic mass is 16.7. The van der Waals surface area contributed by atoms with Gasteiger partial charge in [-0.2, -0.15) is 0 Å². The number of imidazole rings is 1. The topological polar surface area (TPSA) is 54.6 Å². The third-order valence-electron chi connectivity index (χ3n) is 3.78. The summed E-state index contributed by atoms with van der Waals surface area (Å²) in [4.78, 5) is 17.5. The van der Waals surface area contributed by atoms with Gasteiger partial charge in [0.2, 0.25) is 0 Å². The summed E-state index contributed by atoms with van der Waals surface area (Å²) in [5.41, 5.74) is 2.45. The van der Waals surface area contributed by atoms with Crippen LogP contribution in [0.25, 0.3) is 11.0 Å². The Kier molecular flexibility index (Phi) is 2.65. The van der Waals surface area contributed by atoms with E-state index in [1.807, 2.05) is 18.2 Å². The molecule has 0 aliphatic carbocycles. The minimum Gasteiger partial charge on any atom is -0.412 e. The van der Waals surface area contributed by atoms with Crippen LogP contribution in [0.2, 0.25) is 0 Å². The van der Waals surface area contributed by atoms with E-state index in [1.165, 1.54) is 11.8 Å². The first-order chi connectivity index (χ1) is 9.15. The molecule has 0 spiro atoms. The number of hydrogen-bond acceptors (Lipinski definition) is 4. The van der Waals surface area contributed by atoms with Crippen LogP contribution in [0.3, 0.4) is 0 Å². The standard InChI is InChI=1S/C13H16N2O4/c1-17-13(18-2)7-9-5-4-6-10-11(9)14(8-13)12(16)15(10)19-3/h4-6H,7-8H2,1-3H3. The predicted octanol–water partition coefficient (Wildman–Crippen LogP) is 0.407. The highest BCUT2D eigenvalue weighted by Gasteiger charge is 2.38. The van der Waals surface area contributed by atoms with Gasteiger partial charge in [0.05, 0.1) is 12.1 Å². The highest BCUT2D eigenvalue weighted by Crippen LogP contribution is 2.31. The van der Waals surface area contributed by atoms with E-state index in [1.54, 1.807) is 18.8 Å². The lowest BCUT2D eigenvalue weighted by atomic mass is 9.99. The van der Waals surface area contributed by atoms with Crippen LogP contribution < -0.4 is 10.5 Å². The van der Waals surface area contributed by atoms with Gasteiger partial charge in [0.15, 0.2) is 5.79 Å². The van der Waals surface area contributed by atoms with Crippen molar-refractivity contribution < 1.29 is 14.3 Å². The van der Waals surface area contributed by atoms with Gasteiger partial charge in [0.25, 0.3) is 0 Å². The van der Waals surface area contributed by atoms with Crippen molar-refractivity contribution in [2.45, 2.75) is 18.8 Å². The molecule has 0 bridgehead atoms. The van der Waals surface area contributed by atoms with Crippen LogP contribution >= 0.6 is 0 Å². The van der Waals surface area contributed by atoms with Crippen LogP contribution in [0.15, 0.2) is 23.0 Å². The largest absolute Gasteiger partial charge is 0.412 e. The van der Waals surface area contributed by atoms with Gasteiger partial charge < -0.3 is 14.3 Å². The van der Waals surface area contributed by atoms with Gasteiger partial charge in [-0.05, 0) is 11.6 Å². The number of rotatable bonds is 3. The molecule has 6 heteroatoms. The van der Waals surface area contributed by atoms with Crippen LogP contribution in [0.4, 0.5) is 0 Å². The fraction of sp³-hybridized carbons (Fsp3) is 0.462. The Morgan fingerprint density at radius 1 is 1.21 bits per heavy atom. The molecule has 1 aliphatic heterocycles. The molecule has 2 aromatic rings. The van der Waals surface area contributed by atoms with E-state index in [4.69, 9.17) is 14.3 Å². The quantitative estimate of drug-likeness (QED) is 0.753. The lowest BCUT2D eigenvalue weighted by molar-refractivity contribution is -0.216. The average molecular weight is 264 g/mol. The van der Waals surface area contributed by atoms with E-state index in [-0.39, 0.29) is 5.69 Å². The molecule has 2 heterocycles. The average Bonchev–Trinajstić information content (AvgIpc) is 2.72. The van der Waals surface area contributed by atoms with Gasteiger partial charge in [-0.1, -0.05) is 12.1 Å². The third kappa shape index (κ3) is 1.53. The summed E-state index contributed by atoms with van der Waals surface area (Å²) in [6.07, 6.45) is 0.602. The Morgan fingerprint density at radius 2 is 1.95 bits per heavy atom. The van der Waals surface area contributed by atoms with Crippen molar-refractivity contribution >= 4 is 11.0 Å². The number of aromatic nitrogens is 2. The van der Waals surface area contributed by atoms with Crippen molar-refractivity contribution in [2.24, 2.45) is 0 Å². The van der Waals surface area contributed by atoms with Crippen LogP contribution in [-0.4, -0.2) is 36.4 Å². The van der Waals surface area contributed by atoms with Gasteiger partial charge in [-0.25, -0.2) is 4.79 Å². The van der Waals surface area contributed by atoms with E-state index in [2.05, 4.69) is 0 Å². The van der Waals surface area contributed by atoms with Crippen LogP contribution in [0, 0.1) is 0 Å². The predicted molar refractivity (Wildman–Crippen MR) is 69.2 cm³/mol. The molecule has 102 valence electrons. The number of nitrogens with zero attached hydrogens (tertiary/aromatic N) is 2. The number of methoxy groups -OCH3 is 2. The van der Waals surface area contributed by atoms with E-state index in [0.717, 1.165) is 16.6 Å². The lowest BCUT2D eigenvalue weighted by Gasteiger charge is -2.34. The molecule has 0 atom stereocenters. The molecule has 3 rings (SSSR count). The second-order valence-electron chi connectivity index (χ2n) is 4.63. The first-order valence-electron chi connectivity index (χ1n) is 6.04. The summed E-state index contributed by atoms with van der Waals surface area (Å²) in [7, 11) is 4.66. The monoisotopic (exact) mass is 264 g/mol. The van der Waals surface area contributed by atoms with Gasteiger partial charge >= 0.3 is 5.69 Å². The van der Waals surface area contributed by atoms with Crippen LogP contribution in [0.5, 0.6) is 0 Å². The summed E-state index contributed by atoms with van der Waals surface area (Å²) in [6.45, 7) is 0.350. The van der Waals surface area contributed by atoms with E-state index < -0.39 is 5.79 Å². The summed E-state index contributed by atoms with van der Waals surface area (Å²) in [5.74, 6) is -0.801. The molecule has 0 radical (unpaired) electrons. The highest BCUT2D eigenvalue weighted by molar-refractivity contribution is 5.80. The van der Waals surface area contributed by atoms with Gasteiger partial charge in [0, 0.05) is 20.6 Å². The smallest absolute Gasteiger partial charge is 0.362 e. The zero-order chi connectivity index (χ0) is 13.6. The molecule has 0 saturated carbocycles. The molecule has 6 nitrogen and oxygen atoms in total. The van der Waals surface area contributed by atoms with Crippen LogP contribution in [-0.2, 0) is 22.4 Å². The molecular formula is C13H16N2O4. The molecular weight excluding hydrogens is 248 g/mol. The SMILES string of the molecule is COn1c(=O)n2c3c(cccc31)CC(OC)(OC)C2. The number of ether oxygens (including phenoxy) is 2. The molecule has 0 saturated heterocycles. The van der Waals surface area contributed by atoms with Crippen molar-refractivity contribution in [1.82, 2.24) is 9.30 Å². The molecule has 19 heavy (non-hydrogen) atoms. The maximum atomic E-state index is 12.3. The maximum Gasteiger partial charge on any atom is 0.362 e. The van der Waals surface area contributed by atoms with Crippen molar-refractivity contribution in [3.8, 4) is 0 Å². The Balaban J connectivity index is 2.32. The zero-order valence-electron chi connectivity index (χ0n) is 11.2. The minimum atomic E-state index is -0.801. The Labute approximate surface area is 110 Å². The molecule has 0 unspecified atom stereocenters. The van der Waals surface area contributed by atoms with Gasteiger partial charge in [-0.15, -0.1) is 4.73 Å². The molecule has 1 aromatic heterocycles. The Morgan fingerprint density at radius 3 is 2.58 bits per heavy atom. The fourth-order valence-corrected chi connectivity index (χ4v) is 2.77. The maximum absolute atomic E-state index is 12.3. The van der Waals surface area contributed by atoms with E-state index >= 15 is 0 Å². The summed E-state index contributed by atoms with van der Waals surface area (Å²) < 4.78 is 13.9. The molecule has 0 N–H and O–H groups in total. The molecule has 0 amide bonds. The zero-order valence-corrected chi connectivity index (χ0v) is 11.2. The van der Waals surface area contributed by atoms with E-state index in [9.17, 15) is 4.79 Å². The van der Waals surface area contributed by atoms with Gasteiger partial charge in [0.1, 0.15) is 12.6 Å². The van der Waals surface area contributed by atoms with Crippen molar-refractivity contribution in [1.29, 1.82) is 0 Å². The first kappa shape index (κ1) is 12.3. The van der Waals surface area contributed by atoms with Crippen molar-refractivity contribution in [3.63, 3.8) is 0 Å². The molecule has 0 fully saturated rings. The minimum absolute atomic E-state index is 0.219.